The summed E-state index contributed by atoms with van der Waals surface area (Å²) in [5.74, 6) is -0.0708. The Kier molecular flexibility index (Phi) is 3.44. The molecule has 6 heteroatoms. The van der Waals surface area contributed by atoms with Crippen molar-refractivity contribution in [3.63, 3.8) is 0 Å². The number of aromatic amines is 1. The molecule has 0 amide bonds. The normalized spacial score (nSPS) is 20.4. The molecule has 1 fully saturated rings. The molecule has 0 radical (unpaired) electrons. The average Bonchev–Trinajstić information content (AvgIpc) is 2.68. The van der Waals surface area contributed by atoms with Gasteiger partial charge in [-0.1, -0.05) is 0 Å². The van der Waals surface area contributed by atoms with Crippen LogP contribution in [0.4, 0.5) is 0 Å². The fraction of sp³-hybridized carbons (Fsp3) is 0.636. The highest BCUT2D eigenvalue weighted by atomic mass is 16.4. The van der Waals surface area contributed by atoms with Crippen LogP contribution in [0.15, 0.2) is 6.20 Å². The maximum atomic E-state index is 11.4. The van der Waals surface area contributed by atoms with Gasteiger partial charge in [-0.15, -0.1) is 0 Å². The van der Waals surface area contributed by atoms with Gasteiger partial charge in [-0.05, 0) is 14.0 Å². The third-order valence-electron chi connectivity index (χ3n) is 3.15. The Bertz CT molecular complexity index is 396. The molecule has 0 aliphatic carbocycles. The topological polar surface area (TPSA) is 72.5 Å². The minimum absolute atomic E-state index is 0.607. The van der Waals surface area contributed by atoms with Crippen molar-refractivity contribution in [3.05, 3.63) is 17.7 Å². The van der Waals surface area contributed by atoms with Crippen molar-refractivity contribution in [2.75, 3.05) is 33.2 Å². The highest BCUT2D eigenvalue weighted by molar-refractivity contribution is 5.74. The van der Waals surface area contributed by atoms with Gasteiger partial charge in [-0.3, -0.25) is 9.69 Å². The summed E-state index contributed by atoms with van der Waals surface area (Å²) in [6.07, 6.45) is 1.62. The summed E-state index contributed by atoms with van der Waals surface area (Å²) in [6, 6.07) is -0.607. The van der Waals surface area contributed by atoms with Crippen LogP contribution in [-0.4, -0.2) is 64.1 Å². The zero-order valence-electron chi connectivity index (χ0n) is 10.2. The van der Waals surface area contributed by atoms with E-state index in [9.17, 15) is 9.90 Å². The lowest BCUT2D eigenvalue weighted by Gasteiger charge is -2.35. The number of piperazine rings is 1. The van der Waals surface area contributed by atoms with E-state index in [2.05, 4.69) is 14.9 Å². The van der Waals surface area contributed by atoms with E-state index in [-0.39, 0.29) is 0 Å². The van der Waals surface area contributed by atoms with Gasteiger partial charge in [0.05, 0.1) is 11.9 Å². The van der Waals surface area contributed by atoms with Crippen LogP contribution in [-0.2, 0) is 4.79 Å². The number of hydrogen-bond acceptors (Lipinski definition) is 4. The molecule has 1 aliphatic heterocycles. The summed E-state index contributed by atoms with van der Waals surface area (Å²) in [5.41, 5.74) is 0.666. The number of aliphatic carboxylic acids is 1. The summed E-state index contributed by atoms with van der Waals surface area (Å²) in [5, 5.41) is 9.35. The van der Waals surface area contributed by atoms with E-state index < -0.39 is 12.0 Å². The number of hydrogen-bond donors (Lipinski definition) is 2. The first-order valence-electron chi connectivity index (χ1n) is 5.75. The van der Waals surface area contributed by atoms with Gasteiger partial charge in [-0.25, -0.2) is 4.98 Å². The number of aromatic nitrogens is 2. The van der Waals surface area contributed by atoms with Crippen LogP contribution in [0.2, 0.25) is 0 Å². The van der Waals surface area contributed by atoms with E-state index in [1.807, 2.05) is 18.9 Å². The number of H-pyrrole nitrogens is 1. The summed E-state index contributed by atoms with van der Waals surface area (Å²) < 4.78 is 0. The second-order valence-corrected chi connectivity index (χ2v) is 4.50. The molecule has 1 atom stereocenters. The largest absolute Gasteiger partial charge is 0.480 e. The molecule has 2 rings (SSSR count). The van der Waals surface area contributed by atoms with Crippen molar-refractivity contribution in [1.29, 1.82) is 0 Å². The summed E-state index contributed by atoms with van der Waals surface area (Å²) in [7, 11) is 2.05. The minimum Gasteiger partial charge on any atom is -0.480 e. The minimum atomic E-state index is -0.821. The van der Waals surface area contributed by atoms with Gasteiger partial charge in [0.1, 0.15) is 5.82 Å². The predicted molar refractivity (Wildman–Crippen MR) is 62.8 cm³/mol. The standard InChI is InChI=1S/C11H18N4O2/c1-8-12-7-9(13-8)10(11(16)17)15-5-3-14(2)4-6-15/h7,10H,3-6H2,1-2H3,(H,12,13)(H,16,17). The summed E-state index contributed by atoms with van der Waals surface area (Å²) in [6.45, 7) is 5.16. The molecule has 6 nitrogen and oxygen atoms in total. The Morgan fingerprint density at radius 1 is 1.47 bits per heavy atom. The zero-order chi connectivity index (χ0) is 12.4. The summed E-state index contributed by atoms with van der Waals surface area (Å²) in [4.78, 5) is 22.7. The number of likely N-dealkylation sites (N-methyl/N-ethyl adjacent to an activating group) is 1. The molecule has 1 unspecified atom stereocenters. The number of nitrogens with one attached hydrogen (secondary N) is 1. The summed E-state index contributed by atoms with van der Waals surface area (Å²) >= 11 is 0. The number of nitrogens with zero attached hydrogens (tertiary/aromatic N) is 3. The Morgan fingerprint density at radius 3 is 2.59 bits per heavy atom. The van der Waals surface area contributed by atoms with Crippen LogP contribution in [0.25, 0.3) is 0 Å². The lowest BCUT2D eigenvalue weighted by molar-refractivity contribution is -0.144. The van der Waals surface area contributed by atoms with Gasteiger partial charge in [-0.2, -0.15) is 0 Å². The molecule has 0 spiro atoms. The third kappa shape index (κ3) is 2.65. The van der Waals surface area contributed by atoms with Gasteiger partial charge in [0, 0.05) is 26.2 Å². The highest BCUT2D eigenvalue weighted by Gasteiger charge is 2.30. The van der Waals surface area contributed by atoms with Gasteiger partial charge >= 0.3 is 5.97 Å². The highest BCUT2D eigenvalue weighted by Crippen LogP contribution is 2.20. The van der Waals surface area contributed by atoms with Crippen molar-refractivity contribution < 1.29 is 9.90 Å². The van der Waals surface area contributed by atoms with E-state index >= 15 is 0 Å². The Labute approximate surface area is 100 Å². The van der Waals surface area contributed by atoms with E-state index in [0.29, 0.717) is 5.69 Å². The molecule has 94 valence electrons. The molecule has 0 bridgehead atoms. The lowest BCUT2D eigenvalue weighted by atomic mass is 10.1. The molecule has 17 heavy (non-hydrogen) atoms. The SMILES string of the molecule is Cc1ncc(C(C(=O)O)N2CCN(C)CC2)[nH]1. The van der Waals surface area contributed by atoms with Gasteiger partial charge in [0.2, 0.25) is 0 Å². The van der Waals surface area contributed by atoms with Crippen LogP contribution >= 0.6 is 0 Å². The fourth-order valence-electron chi connectivity index (χ4n) is 2.14. The molecular weight excluding hydrogens is 220 g/mol. The lowest BCUT2D eigenvalue weighted by Crippen LogP contribution is -2.47. The number of carbonyl (C=O) groups is 1. The predicted octanol–water partition coefficient (Wildman–Crippen LogP) is 0.0912. The number of carboxylic acids is 1. The van der Waals surface area contributed by atoms with Crippen molar-refractivity contribution in [1.82, 2.24) is 19.8 Å². The first-order valence-corrected chi connectivity index (χ1v) is 5.75. The molecule has 2 N–H and O–H groups in total. The number of rotatable bonds is 3. The average molecular weight is 238 g/mol. The maximum absolute atomic E-state index is 11.4. The van der Waals surface area contributed by atoms with Crippen molar-refractivity contribution in [2.24, 2.45) is 0 Å². The Morgan fingerprint density at radius 2 is 2.12 bits per heavy atom. The van der Waals surface area contributed by atoms with Crippen LogP contribution in [0.3, 0.4) is 0 Å². The van der Waals surface area contributed by atoms with Gasteiger partial charge in [0.25, 0.3) is 0 Å². The van der Waals surface area contributed by atoms with E-state index in [1.165, 1.54) is 0 Å². The van der Waals surface area contributed by atoms with Crippen LogP contribution < -0.4 is 0 Å². The molecule has 0 saturated carbocycles. The zero-order valence-corrected chi connectivity index (χ0v) is 10.2. The molecule has 1 aromatic heterocycles. The van der Waals surface area contributed by atoms with Crippen LogP contribution in [0, 0.1) is 6.92 Å². The van der Waals surface area contributed by atoms with Gasteiger partial charge in [0.15, 0.2) is 6.04 Å². The number of imidazole rings is 1. The first kappa shape index (κ1) is 12.1. The molecular formula is C11H18N4O2. The van der Waals surface area contributed by atoms with Crippen molar-refractivity contribution >= 4 is 5.97 Å². The fourth-order valence-corrected chi connectivity index (χ4v) is 2.14. The molecule has 1 aliphatic rings. The maximum Gasteiger partial charge on any atom is 0.327 e. The Balaban J connectivity index is 2.15. The van der Waals surface area contributed by atoms with Crippen molar-refractivity contribution in [3.8, 4) is 0 Å². The quantitative estimate of drug-likeness (QED) is 0.781. The third-order valence-corrected chi connectivity index (χ3v) is 3.15. The number of carboxylic acid groups (broad SMARTS) is 1. The monoisotopic (exact) mass is 238 g/mol. The number of aryl methyl sites for hydroxylation is 1. The van der Waals surface area contributed by atoms with E-state index in [1.54, 1.807) is 6.20 Å². The second kappa shape index (κ2) is 4.85. The molecule has 1 saturated heterocycles. The smallest absolute Gasteiger partial charge is 0.327 e. The first-order chi connectivity index (χ1) is 8.08. The second-order valence-electron chi connectivity index (χ2n) is 4.50. The van der Waals surface area contributed by atoms with Crippen LogP contribution in [0.1, 0.15) is 17.6 Å². The molecule has 0 aromatic carbocycles. The van der Waals surface area contributed by atoms with E-state index in [4.69, 9.17) is 0 Å². The van der Waals surface area contributed by atoms with Gasteiger partial charge < -0.3 is 15.0 Å². The van der Waals surface area contributed by atoms with E-state index in [0.717, 1.165) is 32.0 Å². The Hall–Kier alpha value is -1.40. The van der Waals surface area contributed by atoms with Crippen molar-refractivity contribution in [2.45, 2.75) is 13.0 Å². The molecule has 1 aromatic rings. The molecule has 2 heterocycles. The van der Waals surface area contributed by atoms with Crippen LogP contribution in [0.5, 0.6) is 0 Å².